The van der Waals surface area contributed by atoms with Gasteiger partial charge in [-0.3, -0.25) is 0 Å². The van der Waals surface area contributed by atoms with Gasteiger partial charge in [0.1, 0.15) is 0 Å². The Bertz CT molecular complexity index is 493. The molecule has 0 aromatic rings. The molecular formula is C10H10F12O4. The summed E-state index contributed by atoms with van der Waals surface area (Å²) in [6.07, 6.45) is -39.8. The number of halogens is 12. The van der Waals surface area contributed by atoms with Crippen LogP contribution in [-0.2, 0) is 14.2 Å². The van der Waals surface area contributed by atoms with Crippen LogP contribution in [0.5, 0.6) is 0 Å². The van der Waals surface area contributed by atoms with E-state index in [1.807, 2.05) is 4.74 Å². The Labute approximate surface area is 136 Å². The van der Waals surface area contributed by atoms with Crippen molar-refractivity contribution < 1.29 is 72.0 Å². The minimum atomic E-state index is -7.02. The molecule has 0 saturated heterocycles. The maximum atomic E-state index is 13.1. The Morgan fingerprint density at radius 2 is 0.692 bits per heavy atom. The molecule has 0 aromatic carbocycles. The van der Waals surface area contributed by atoms with Crippen molar-refractivity contribution in [3.05, 3.63) is 0 Å². The monoisotopic (exact) mass is 422 g/mol. The predicted molar refractivity (Wildman–Crippen MR) is 54.9 cm³/mol. The highest BCUT2D eigenvalue weighted by Gasteiger charge is 2.75. The lowest BCUT2D eigenvalue weighted by atomic mass is 10.2. The first-order chi connectivity index (χ1) is 10.9. The number of ether oxygens (including phenoxy) is 3. The standard InChI is InChI=1S/C10H10F12O4/c1-4(2,3)24-7(15,16)8(17,18)26-10(21,22)9(19,20)25-6(13,14)5(11,12)23/h23H,1-3H3. The van der Waals surface area contributed by atoms with Gasteiger partial charge in [0.2, 0.25) is 0 Å². The Morgan fingerprint density at radius 1 is 0.462 bits per heavy atom. The molecule has 0 amide bonds. The van der Waals surface area contributed by atoms with Crippen molar-refractivity contribution in [3.8, 4) is 0 Å². The van der Waals surface area contributed by atoms with Crippen LogP contribution < -0.4 is 0 Å². The topological polar surface area (TPSA) is 47.9 Å². The second-order valence-electron chi connectivity index (χ2n) is 5.54. The van der Waals surface area contributed by atoms with Gasteiger partial charge >= 0.3 is 36.7 Å². The fourth-order valence-electron chi connectivity index (χ4n) is 1.01. The van der Waals surface area contributed by atoms with Gasteiger partial charge in [-0.2, -0.15) is 52.7 Å². The van der Waals surface area contributed by atoms with Crippen LogP contribution in [0, 0.1) is 0 Å². The molecular weight excluding hydrogens is 412 g/mol. The fraction of sp³-hybridized carbons (Fsp3) is 1.00. The number of hydrogen-bond acceptors (Lipinski definition) is 4. The molecule has 0 fully saturated rings. The zero-order chi connectivity index (χ0) is 21.6. The second-order valence-corrected chi connectivity index (χ2v) is 5.54. The number of hydrogen-bond donors (Lipinski definition) is 1. The van der Waals surface area contributed by atoms with E-state index in [-0.39, 0.29) is 0 Å². The molecule has 26 heavy (non-hydrogen) atoms. The molecule has 0 aliphatic heterocycles. The van der Waals surface area contributed by atoms with Gasteiger partial charge < -0.3 is 9.84 Å². The molecule has 0 heterocycles. The first-order valence-electron chi connectivity index (χ1n) is 5.97. The van der Waals surface area contributed by atoms with Crippen molar-refractivity contribution in [1.29, 1.82) is 0 Å². The van der Waals surface area contributed by atoms with Crippen molar-refractivity contribution >= 4 is 0 Å². The van der Waals surface area contributed by atoms with Gasteiger partial charge in [-0.05, 0) is 20.8 Å². The Balaban J connectivity index is 5.62. The molecule has 1 N–H and O–H groups in total. The van der Waals surface area contributed by atoms with Crippen LogP contribution in [0.15, 0.2) is 0 Å². The van der Waals surface area contributed by atoms with E-state index >= 15 is 0 Å². The molecule has 0 aliphatic rings. The first-order valence-corrected chi connectivity index (χ1v) is 5.97. The maximum Gasteiger partial charge on any atom is 0.453 e. The normalized spacial score (nSPS) is 16.2. The van der Waals surface area contributed by atoms with E-state index in [0.717, 1.165) is 20.8 Å². The zero-order valence-electron chi connectivity index (χ0n) is 12.7. The molecule has 158 valence electrons. The van der Waals surface area contributed by atoms with E-state index < -0.39 is 42.3 Å². The van der Waals surface area contributed by atoms with Gasteiger partial charge in [0.15, 0.2) is 0 Å². The number of aliphatic hydroxyl groups is 1. The van der Waals surface area contributed by atoms with Crippen LogP contribution in [0.25, 0.3) is 0 Å². The minimum absolute atomic E-state index is 0.719. The summed E-state index contributed by atoms with van der Waals surface area (Å²) in [4.78, 5) is 0. The zero-order valence-corrected chi connectivity index (χ0v) is 12.7. The van der Waals surface area contributed by atoms with Crippen LogP contribution in [0.3, 0.4) is 0 Å². The molecule has 0 atom stereocenters. The highest BCUT2D eigenvalue weighted by atomic mass is 19.4. The highest BCUT2D eigenvalue weighted by Crippen LogP contribution is 2.49. The van der Waals surface area contributed by atoms with Gasteiger partial charge in [0.25, 0.3) is 0 Å². The highest BCUT2D eigenvalue weighted by molar-refractivity contribution is 4.79. The van der Waals surface area contributed by atoms with Crippen molar-refractivity contribution in [1.82, 2.24) is 0 Å². The van der Waals surface area contributed by atoms with Gasteiger partial charge in [-0.25, -0.2) is 9.47 Å². The predicted octanol–water partition coefficient (Wildman–Crippen LogP) is 4.38. The summed E-state index contributed by atoms with van der Waals surface area (Å²) in [7, 11) is 0. The van der Waals surface area contributed by atoms with Gasteiger partial charge in [0, 0.05) is 0 Å². The van der Waals surface area contributed by atoms with Gasteiger partial charge in [-0.1, -0.05) is 0 Å². The van der Waals surface area contributed by atoms with Crippen molar-refractivity contribution in [3.63, 3.8) is 0 Å². The van der Waals surface area contributed by atoms with Crippen molar-refractivity contribution in [2.45, 2.75) is 63.0 Å². The molecule has 4 nitrogen and oxygen atoms in total. The SMILES string of the molecule is CC(C)(C)OC(F)(F)C(F)(F)OC(F)(F)C(F)(F)OC(F)(F)C(O)(F)F. The summed E-state index contributed by atoms with van der Waals surface area (Å²) in [6.45, 7) is 2.16. The lowest BCUT2D eigenvalue weighted by Crippen LogP contribution is -2.59. The smallest absolute Gasteiger partial charge is 0.329 e. The van der Waals surface area contributed by atoms with Crippen LogP contribution in [-0.4, -0.2) is 47.4 Å². The Morgan fingerprint density at radius 3 is 0.923 bits per heavy atom. The quantitative estimate of drug-likeness (QED) is 0.590. The maximum absolute atomic E-state index is 13.1. The fourth-order valence-corrected chi connectivity index (χ4v) is 1.01. The summed E-state index contributed by atoms with van der Waals surface area (Å²) >= 11 is 0. The second kappa shape index (κ2) is 6.56. The van der Waals surface area contributed by atoms with Crippen LogP contribution in [0.2, 0.25) is 0 Å². The first kappa shape index (κ1) is 25.0. The van der Waals surface area contributed by atoms with E-state index in [0.29, 0.717) is 0 Å². The average Bonchev–Trinajstić information content (AvgIpc) is 2.19. The van der Waals surface area contributed by atoms with E-state index in [9.17, 15) is 52.7 Å². The van der Waals surface area contributed by atoms with Crippen molar-refractivity contribution in [2.24, 2.45) is 0 Å². The van der Waals surface area contributed by atoms with E-state index in [4.69, 9.17) is 5.11 Å². The molecule has 0 rings (SSSR count). The lowest BCUT2D eigenvalue weighted by Gasteiger charge is -2.35. The summed E-state index contributed by atoms with van der Waals surface area (Å²) < 4.78 is 159. The Hall–Kier alpha value is -1.00. The lowest BCUT2D eigenvalue weighted by molar-refractivity contribution is -0.564. The van der Waals surface area contributed by atoms with Crippen LogP contribution >= 0.6 is 0 Å². The largest absolute Gasteiger partial charge is 0.453 e. The third kappa shape index (κ3) is 5.75. The minimum Gasteiger partial charge on any atom is -0.329 e. The van der Waals surface area contributed by atoms with Gasteiger partial charge in [0.05, 0.1) is 5.60 Å². The molecule has 0 radical (unpaired) electrons. The van der Waals surface area contributed by atoms with E-state index in [1.165, 1.54) is 0 Å². The Kier molecular flexibility index (Phi) is 6.31. The van der Waals surface area contributed by atoms with Crippen LogP contribution in [0.4, 0.5) is 52.7 Å². The average molecular weight is 422 g/mol. The molecule has 16 heteroatoms. The summed E-state index contributed by atoms with van der Waals surface area (Å²) in [5, 5.41) is 7.55. The van der Waals surface area contributed by atoms with E-state index in [2.05, 4.69) is 4.74 Å². The third-order valence-electron chi connectivity index (χ3n) is 1.97. The van der Waals surface area contributed by atoms with Crippen molar-refractivity contribution in [2.75, 3.05) is 0 Å². The van der Waals surface area contributed by atoms with Crippen LogP contribution in [0.1, 0.15) is 20.8 Å². The molecule has 0 bridgehead atoms. The summed E-state index contributed by atoms with van der Waals surface area (Å²) in [5.74, 6) is 0. The third-order valence-corrected chi connectivity index (χ3v) is 1.97. The molecule has 0 saturated carbocycles. The number of alkyl halides is 12. The summed E-state index contributed by atoms with van der Waals surface area (Å²) in [6, 6.07) is 0. The summed E-state index contributed by atoms with van der Waals surface area (Å²) in [5.41, 5.74) is -2.16. The molecule has 0 spiro atoms. The number of rotatable bonds is 8. The molecule has 0 aliphatic carbocycles. The van der Waals surface area contributed by atoms with E-state index in [1.54, 1.807) is 4.74 Å². The van der Waals surface area contributed by atoms with Gasteiger partial charge in [-0.15, -0.1) is 0 Å². The molecule has 0 aromatic heterocycles. The molecule has 0 unspecified atom stereocenters.